The molecule has 1 aromatic heterocycles. The van der Waals surface area contributed by atoms with E-state index in [4.69, 9.17) is 10.5 Å². The molecule has 1 rings (SSSR count). The average Bonchev–Trinajstić information content (AvgIpc) is 2.26. The van der Waals surface area contributed by atoms with Crippen molar-refractivity contribution in [2.24, 2.45) is 5.73 Å². The van der Waals surface area contributed by atoms with Crippen molar-refractivity contribution in [3.8, 4) is 5.88 Å². The number of ether oxygens (including phenoxy) is 1. The van der Waals surface area contributed by atoms with Crippen LogP contribution in [0.1, 0.15) is 13.3 Å². The molecule has 0 fully saturated rings. The molecular formula is C10H17BrN4O. The number of hydrogen-bond donors (Lipinski definition) is 1. The van der Waals surface area contributed by atoms with Gasteiger partial charge in [0.2, 0.25) is 11.8 Å². The van der Waals surface area contributed by atoms with Crippen molar-refractivity contribution in [1.29, 1.82) is 0 Å². The van der Waals surface area contributed by atoms with Gasteiger partial charge in [-0.2, -0.15) is 4.98 Å². The number of hydrogen-bond acceptors (Lipinski definition) is 5. The third-order valence-electron chi connectivity index (χ3n) is 2.15. The van der Waals surface area contributed by atoms with Crippen LogP contribution in [0.15, 0.2) is 10.7 Å². The predicted molar refractivity (Wildman–Crippen MR) is 67.8 cm³/mol. The Bertz CT molecular complexity index is 346. The standard InChI is InChI=1S/C10H17BrN4O/c1-7(12)4-5-15(2)10-13-6-8(11)9(14-10)16-3/h6-7H,4-5,12H2,1-3H3. The normalized spacial score (nSPS) is 12.3. The van der Waals surface area contributed by atoms with E-state index in [0.717, 1.165) is 17.4 Å². The zero-order valence-corrected chi connectivity index (χ0v) is 11.4. The van der Waals surface area contributed by atoms with Gasteiger partial charge in [0.05, 0.1) is 17.8 Å². The molecule has 0 aromatic carbocycles. The highest BCUT2D eigenvalue weighted by atomic mass is 79.9. The molecule has 0 radical (unpaired) electrons. The fraction of sp³-hybridized carbons (Fsp3) is 0.600. The molecule has 90 valence electrons. The Morgan fingerprint density at radius 3 is 2.88 bits per heavy atom. The summed E-state index contributed by atoms with van der Waals surface area (Å²) in [4.78, 5) is 10.4. The van der Waals surface area contributed by atoms with E-state index in [-0.39, 0.29) is 6.04 Å². The molecule has 16 heavy (non-hydrogen) atoms. The van der Waals surface area contributed by atoms with Gasteiger partial charge in [0.1, 0.15) is 0 Å². The van der Waals surface area contributed by atoms with Crippen LogP contribution in [0, 0.1) is 0 Å². The molecule has 1 heterocycles. The fourth-order valence-electron chi connectivity index (χ4n) is 1.17. The quantitative estimate of drug-likeness (QED) is 0.888. The summed E-state index contributed by atoms with van der Waals surface area (Å²) < 4.78 is 5.86. The molecular weight excluding hydrogens is 272 g/mol. The van der Waals surface area contributed by atoms with E-state index in [1.807, 2.05) is 18.9 Å². The SMILES string of the molecule is COc1nc(N(C)CCC(C)N)ncc1Br. The van der Waals surface area contributed by atoms with Gasteiger partial charge < -0.3 is 15.4 Å². The average molecular weight is 289 g/mol. The first-order valence-corrected chi connectivity index (χ1v) is 5.87. The van der Waals surface area contributed by atoms with E-state index < -0.39 is 0 Å². The highest BCUT2D eigenvalue weighted by molar-refractivity contribution is 9.10. The Kier molecular flexibility index (Phi) is 4.95. The lowest BCUT2D eigenvalue weighted by molar-refractivity contribution is 0.394. The maximum absolute atomic E-state index is 5.70. The Balaban J connectivity index is 2.72. The van der Waals surface area contributed by atoms with Crippen LogP contribution in [-0.4, -0.2) is 36.7 Å². The molecule has 2 N–H and O–H groups in total. The van der Waals surface area contributed by atoms with Gasteiger partial charge >= 0.3 is 0 Å². The van der Waals surface area contributed by atoms with Gasteiger partial charge in [-0.25, -0.2) is 4.98 Å². The summed E-state index contributed by atoms with van der Waals surface area (Å²) in [5.74, 6) is 1.18. The van der Waals surface area contributed by atoms with Crippen LogP contribution >= 0.6 is 15.9 Å². The summed E-state index contributed by atoms with van der Waals surface area (Å²) in [6.45, 7) is 2.80. The lowest BCUT2D eigenvalue weighted by atomic mass is 10.2. The number of nitrogens with two attached hydrogens (primary N) is 1. The highest BCUT2D eigenvalue weighted by Crippen LogP contribution is 2.22. The van der Waals surface area contributed by atoms with E-state index in [1.165, 1.54) is 0 Å². The zero-order chi connectivity index (χ0) is 12.1. The summed E-state index contributed by atoms with van der Waals surface area (Å²) in [5.41, 5.74) is 5.70. The van der Waals surface area contributed by atoms with Crippen LogP contribution < -0.4 is 15.4 Å². The topological polar surface area (TPSA) is 64.3 Å². The van der Waals surface area contributed by atoms with Crippen molar-refractivity contribution < 1.29 is 4.74 Å². The smallest absolute Gasteiger partial charge is 0.232 e. The second-order valence-corrected chi connectivity index (χ2v) is 4.57. The Morgan fingerprint density at radius 1 is 1.62 bits per heavy atom. The minimum atomic E-state index is 0.180. The molecule has 6 heteroatoms. The monoisotopic (exact) mass is 288 g/mol. The fourth-order valence-corrected chi connectivity index (χ4v) is 1.52. The molecule has 1 unspecified atom stereocenters. The molecule has 0 aliphatic carbocycles. The first kappa shape index (κ1) is 13.2. The van der Waals surface area contributed by atoms with Gasteiger partial charge in [0.15, 0.2) is 0 Å². The Hall–Kier alpha value is -0.880. The summed E-state index contributed by atoms with van der Waals surface area (Å²) in [5, 5.41) is 0. The van der Waals surface area contributed by atoms with Crippen molar-refractivity contribution in [2.45, 2.75) is 19.4 Å². The van der Waals surface area contributed by atoms with Gasteiger partial charge in [-0.05, 0) is 29.3 Å². The maximum Gasteiger partial charge on any atom is 0.232 e. The molecule has 1 atom stereocenters. The molecule has 5 nitrogen and oxygen atoms in total. The Labute approximate surface area is 104 Å². The summed E-state index contributed by atoms with van der Waals surface area (Å²) >= 11 is 3.31. The van der Waals surface area contributed by atoms with Gasteiger partial charge in [0, 0.05) is 19.6 Å². The van der Waals surface area contributed by atoms with Crippen LogP contribution in [0.25, 0.3) is 0 Å². The molecule has 0 saturated carbocycles. The number of methoxy groups -OCH3 is 1. The minimum absolute atomic E-state index is 0.180. The molecule has 0 amide bonds. The molecule has 0 spiro atoms. The third kappa shape index (κ3) is 3.61. The number of aromatic nitrogens is 2. The lowest BCUT2D eigenvalue weighted by Crippen LogP contribution is -2.27. The van der Waals surface area contributed by atoms with Crippen LogP contribution in [-0.2, 0) is 0 Å². The van der Waals surface area contributed by atoms with Crippen LogP contribution in [0.2, 0.25) is 0 Å². The summed E-state index contributed by atoms with van der Waals surface area (Å²) in [7, 11) is 3.52. The van der Waals surface area contributed by atoms with Crippen molar-refractivity contribution >= 4 is 21.9 Å². The molecule has 0 aliphatic rings. The number of anilines is 1. The molecule has 0 bridgehead atoms. The van der Waals surface area contributed by atoms with Gasteiger partial charge in [-0.3, -0.25) is 0 Å². The van der Waals surface area contributed by atoms with E-state index in [2.05, 4.69) is 25.9 Å². The molecule has 1 aromatic rings. The maximum atomic E-state index is 5.70. The van der Waals surface area contributed by atoms with Crippen molar-refractivity contribution in [2.75, 3.05) is 25.6 Å². The van der Waals surface area contributed by atoms with Gasteiger partial charge in [-0.1, -0.05) is 0 Å². The minimum Gasteiger partial charge on any atom is -0.480 e. The molecule has 0 saturated heterocycles. The van der Waals surface area contributed by atoms with Crippen molar-refractivity contribution in [3.05, 3.63) is 10.7 Å². The van der Waals surface area contributed by atoms with Gasteiger partial charge in [0.25, 0.3) is 0 Å². The van der Waals surface area contributed by atoms with Crippen LogP contribution in [0.3, 0.4) is 0 Å². The predicted octanol–water partition coefficient (Wildman–Crippen LogP) is 1.42. The largest absolute Gasteiger partial charge is 0.480 e. The van der Waals surface area contributed by atoms with E-state index in [9.17, 15) is 0 Å². The Morgan fingerprint density at radius 2 is 2.31 bits per heavy atom. The molecule has 0 aliphatic heterocycles. The third-order valence-corrected chi connectivity index (χ3v) is 2.70. The second kappa shape index (κ2) is 6.00. The number of rotatable bonds is 5. The number of halogens is 1. The highest BCUT2D eigenvalue weighted by Gasteiger charge is 2.09. The second-order valence-electron chi connectivity index (χ2n) is 3.71. The summed E-state index contributed by atoms with van der Waals surface area (Å²) in [6.07, 6.45) is 2.59. The van der Waals surface area contributed by atoms with Gasteiger partial charge in [-0.15, -0.1) is 0 Å². The van der Waals surface area contributed by atoms with E-state index in [0.29, 0.717) is 11.8 Å². The first-order chi connectivity index (χ1) is 7.54. The zero-order valence-electron chi connectivity index (χ0n) is 9.77. The van der Waals surface area contributed by atoms with Crippen LogP contribution in [0.4, 0.5) is 5.95 Å². The first-order valence-electron chi connectivity index (χ1n) is 5.08. The van der Waals surface area contributed by atoms with Crippen LogP contribution in [0.5, 0.6) is 5.88 Å². The van der Waals surface area contributed by atoms with E-state index in [1.54, 1.807) is 13.3 Å². The van der Waals surface area contributed by atoms with Crippen molar-refractivity contribution in [3.63, 3.8) is 0 Å². The van der Waals surface area contributed by atoms with E-state index >= 15 is 0 Å². The summed E-state index contributed by atoms with van der Waals surface area (Å²) in [6, 6.07) is 0.180. The van der Waals surface area contributed by atoms with Crippen molar-refractivity contribution in [1.82, 2.24) is 9.97 Å². The lowest BCUT2D eigenvalue weighted by Gasteiger charge is -2.18. The number of nitrogens with zero attached hydrogens (tertiary/aromatic N) is 3.